The Bertz CT molecular complexity index is 728. The lowest BCUT2D eigenvalue weighted by molar-refractivity contribution is -0.133. The second-order valence-electron chi connectivity index (χ2n) is 6.24. The third kappa shape index (κ3) is 4.53. The van der Waals surface area contributed by atoms with Gasteiger partial charge in [0, 0.05) is 31.9 Å². The Morgan fingerprint density at radius 2 is 1.50 bits per heavy atom. The van der Waals surface area contributed by atoms with Crippen LogP contribution in [0.5, 0.6) is 0 Å². The molecule has 2 N–H and O–H groups in total. The fourth-order valence-electron chi connectivity index (χ4n) is 3.18. The Morgan fingerprint density at radius 1 is 0.923 bits per heavy atom. The van der Waals surface area contributed by atoms with Gasteiger partial charge in [-0.2, -0.15) is 0 Å². The molecular formula is C20H23N3O3. The summed E-state index contributed by atoms with van der Waals surface area (Å²) in [6, 6.07) is 19.4. The molecule has 0 aromatic heterocycles. The number of nitrogens with two attached hydrogens (primary N) is 1. The van der Waals surface area contributed by atoms with Crippen LogP contribution in [0.25, 0.3) is 0 Å². The molecule has 6 heteroatoms. The van der Waals surface area contributed by atoms with Crippen molar-refractivity contribution in [2.24, 2.45) is 5.73 Å². The van der Waals surface area contributed by atoms with E-state index >= 15 is 0 Å². The number of carbonyl (C=O) groups excluding carboxylic acids is 2. The van der Waals surface area contributed by atoms with E-state index in [1.807, 2.05) is 53.4 Å². The standard InChI is InChI=1S/C20H23N3O3/c21-20(25)26-18(16-7-3-1-4-8-16)15-19(24)23-13-11-22(12-14-23)17-9-5-2-6-10-17/h1-10,18H,11-15H2,(H2,21,25). The highest BCUT2D eigenvalue weighted by Gasteiger charge is 2.26. The Balaban J connectivity index is 1.59. The van der Waals surface area contributed by atoms with E-state index in [9.17, 15) is 9.59 Å². The number of anilines is 1. The Kier molecular flexibility index (Phi) is 5.73. The number of piperazine rings is 1. The van der Waals surface area contributed by atoms with Crippen LogP contribution in [-0.2, 0) is 9.53 Å². The van der Waals surface area contributed by atoms with Crippen molar-refractivity contribution < 1.29 is 14.3 Å². The first-order valence-electron chi connectivity index (χ1n) is 8.72. The molecule has 3 rings (SSSR count). The molecule has 1 aliphatic heterocycles. The normalized spacial score (nSPS) is 15.4. The van der Waals surface area contributed by atoms with E-state index in [0.717, 1.165) is 18.7 Å². The molecule has 2 amide bonds. The van der Waals surface area contributed by atoms with E-state index in [1.165, 1.54) is 5.69 Å². The van der Waals surface area contributed by atoms with Crippen LogP contribution in [-0.4, -0.2) is 43.1 Å². The number of para-hydroxylation sites is 1. The highest BCUT2D eigenvalue weighted by Crippen LogP contribution is 2.23. The summed E-state index contributed by atoms with van der Waals surface area (Å²) in [7, 11) is 0. The summed E-state index contributed by atoms with van der Waals surface area (Å²) >= 11 is 0. The number of primary amides is 1. The zero-order valence-corrected chi connectivity index (χ0v) is 14.6. The number of nitrogens with zero attached hydrogens (tertiary/aromatic N) is 2. The zero-order chi connectivity index (χ0) is 18.4. The molecule has 1 atom stereocenters. The maximum atomic E-state index is 12.7. The largest absolute Gasteiger partial charge is 0.441 e. The summed E-state index contributed by atoms with van der Waals surface area (Å²) in [5.74, 6) is -0.0344. The lowest BCUT2D eigenvalue weighted by Gasteiger charge is -2.36. The number of rotatable bonds is 5. The summed E-state index contributed by atoms with van der Waals surface area (Å²) in [5, 5.41) is 0. The number of hydrogen-bond donors (Lipinski definition) is 1. The van der Waals surface area contributed by atoms with Gasteiger partial charge in [-0.3, -0.25) is 4.79 Å². The molecule has 0 saturated carbocycles. The van der Waals surface area contributed by atoms with Gasteiger partial charge in [0.05, 0.1) is 6.42 Å². The number of hydrogen-bond acceptors (Lipinski definition) is 4. The third-order valence-corrected chi connectivity index (χ3v) is 4.54. The van der Waals surface area contributed by atoms with Crippen molar-refractivity contribution in [2.75, 3.05) is 31.1 Å². The lowest BCUT2D eigenvalue weighted by Crippen LogP contribution is -2.49. The van der Waals surface area contributed by atoms with Crippen molar-refractivity contribution in [3.8, 4) is 0 Å². The number of amides is 2. The van der Waals surface area contributed by atoms with Crippen LogP contribution in [0.4, 0.5) is 10.5 Å². The van der Waals surface area contributed by atoms with Gasteiger partial charge in [-0.05, 0) is 17.7 Å². The van der Waals surface area contributed by atoms with Crippen LogP contribution < -0.4 is 10.6 Å². The Morgan fingerprint density at radius 3 is 2.08 bits per heavy atom. The van der Waals surface area contributed by atoms with Gasteiger partial charge in [0.2, 0.25) is 5.91 Å². The number of ether oxygens (including phenoxy) is 1. The van der Waals surface area contributed by atoms with Crippen LogP contribution >= 0.6 is 0 Å². The van der Waals surface area contributed by atoms with E-state index in [4.69, 9.17) is 10.5 Å². The van der Waals surface area contributed by atoms with Crippen molar-refractivity contribution in [1.82, 2.24) is 4.90 Å². The fourth-order valence-corrected chi connectivity index (χ4v) is 3.18. The molecule has 2 aromatic rings. The molecule has 6 nitrogen and oxygen atoms in total. The first-order chi connectivity index (χ1) is 12.6. The fraction of sp³-hybridized carbons (Fsp3) is 0.300. The van der Waals surface area contributed by atoms with Crippen LogP contribution in [0, 0.1) is 0 Å². The van der Waals surface area contributed by atoms with Crippen LogP contribution in [0.1, 0.15) is 18.1 Å². The van der Waals surface area contributed by atoms with Gasteiger partial charge in [-0.1, -0.05) is 48.5 Å². The highest BCUT2D eigenvalue weighted by molar-refractivity contribution is 5.78. The van der Waals surface area contributed by atoms with E-state index in [0.29, 0.717) is 13.1 Å². The maximum Gasteiger partial charge on any atom is 0.405 e. The molecule has 0 aliphatic carbocycles. The predicted molar refractivity (Wildman–Crippen MR) is 99.7 cm³/mol. The van der Waals surface area contributed by atoms with Gasteiger partial charge < -0.3 is 20.3 Å². The molecule has 1 saturated heterocycles. The van der Waals surface area contributed by atoms with Gasteiger partial charge in [0.15, 0.2) is 0 Å². The third-order valence-electron chi connectivity index (χ3n) is 4.54. The maximum absolute atomic E-state index is 12.7. The average molecular weight is 353 g/mol. The number of carbonyl (C=O) groups is 2. The predicted octanol–water partition coefficient (Wildman–Crippen LogP) is 2.56. The summed E-state index contributed by atoms with van der Waals surface area (Å²) < 4.78 is 5.17. The summed E-state index contributed by atoms with van der Waals surface area (Å²) in [6.07, 6.45) is -1.44. The summed E-state index contributed by atoms with van der Waals surface area (Å²) in [5.41, 5.74) is 7.11. The van der Waals surface area contributed by atoms with Gasteiger partial charge in [0.1, 0.15) is 6.10 Å². The van der Waals surface area contributed by atoms with Gasteiger partial charge in [-0.25, -0.2) is 4.79 Å². The molecule has 1 unspecified atom stereocenters. The summed E-state index contributed by atoms with van der Waals surface area (Å²) in [6.45, 7) is 2.85. The first-order valence-corrected chi connectivity index (χ1v) is 8.72. The quantitative estimate of drug-likeness (QED) is 0.896. The Labute approximate surface area is 153 Å². The van der Waals surface area contributed by atoms with E-state index in [-0.39, 0.29) is 12.3 Å². The molecule has 136 valence electrons. The second kappa shape index (κ2) is 8.38. The smallest absolute Gasteiger partial charge is 0.405 e. The van der Waals surface area contributed by atoms with E-state index in [2.05, 4.69) is 17.0 Å². The van der Waals surface area contributed by atoms with E-state index in [1.54, 1.807) is 0 Å². The Hall–Kier alpha value is -3.02. The molecule has 0 radical (unpaired) electrons. The topological polar surface area (TPSA) is 75.9 Å². The molecule has 1 heterocycles. The van der Waals surface area contributed by atoms with Crippen LogP contribution in [0.2, 0.25) is 0 Å². The minimum Gasteiger partial charge on any atom is -0.441 e. The van der Waals surface area contributed by atoms with Crippen LogP contribution in [0.15, 0.2) is 60.7 Å². The van der Waals surface area contributed by atoms with E-state index < -0.39 is 12.2 Å². The van der Waals surface area contributed by atoms with Crippen molar-refractivity contribution in [3.63, 3.8) is 0 Å². The molecule has 2 aromatic carbocycles. The van der Waals surface area contributed by atoms with Gasteiger partial charge in [-0.15, -0.1) is 0 Å². The first kappa shape index (κ1) is 17.8. The molecule has 1 aliphatic rings. The molecular weight excluding hydrogens is 330 g/mol. The number of benzene rings is 2. The molecule has 1 fully saturated rings. The van der Waals surface area contributed by atoms with Crippen molar-refractivity contribution in [2.45, 2.75) is 12.5 Å². The minimum atomic E-state index is -0.874. The van der Waals surface area contributed by atoms with Crippen LogP contribution in [0.3, 0.4) is 0 Å². The van der Waals surface area contributed by atoms with Crippen molar-refractivity contribution in [3.05, 3.63) is 66.2 Å². The van der Waals surface area contributed by atoms with Gasteiger partial charge >= 0.3 is 6.09 Å². The second-order valence-corrected chi connectivity index (χ2v) is 6.24. The zero-order valence-electron chi connectivity index (χ0n) is 14.6. The minimum absolute atomic E-state index is 0.0344. The van der Waals surface area contributed by atoms with Gasteiger partial charge in [0.25, 0.3) is 0 Å². The summed E-state index contributed by atoms with van der Waals surface area (Å²) in [4.78, 5) is 28.0. The molecule has 0 spiro atoms. The monoisotopic (exact) mass is 353 g/mol. The highest BCUT2D eigenvalue weighted by atomic mass is 16.6. The van der Waals surface area contributed by atoms with Crippen molar-refractivity contribution >= 4 is 17.7 Å². The molecule has 0 bridgehead atoms. The van der Waals surface area contributed by atoms with Crippen molar-refractivity contribution in [1.29, 1.82) is 0 Å². The lowest BCUT2D eigenvalue weighted by atomic mass is 10.1. The molecule has 26 heavy (non-hydrogen) atoms. The SMILES string of the molecule is NC(=O)OC(CC(=O)N1CCN(c2ccccc2)CC1)c1ccccc1. The average Bonchev–Trinajstić information content (AvgIpc) is 2.68.